The van der Waals surface area contributed by atoms with Gasteiger partial charge < -0.3 is 19.7 Å². The number of aryl methyl sites for hydroxylation is 1. The van der Waals surface area contributed by atoms with Crippen molar-refractivity contribution in [2.75, 3.05) is 5.32 Å². The van der Waals surface area contributed by atoms with Gasteiger partial charge in [-0.15, -0.1) is 0 Å². The molecule has 0 aliphatic carbocycles. The number of carboxylic acid groups (broad SMARTS) is 1. The molecule has 3 rings (SSSR count). The van der Waals surface area contributed by atoms with Crippen LogP contribution in [-0.4, -0.2) is 15.8 Å². The Morgan fingerprint density at radius 2 is 2.00 bits per heavy atom. The van der Waals surface area contributed by atoms with Crippen molar-refractivity contribution in [3.8, 4) is 5.75 Å². The predicted molar refractivity (Wildman–Crippen MR) is 101 cm³/mol. The van der Waals surface area contributed by atoms with Crippen molar-refractivity contribution >= 4 is 34.3 Å². The number of hydrogen-bond acceptors (Lipinski definition) is 4. The molecule has 0 radical (unpaired) electrons. The van der Waals surface area contributed by atoms with E-state index in [9.17, 15) is 9.59 Å². The van der Waals surface area contributed by atoms with E-state index < -0.39 is 11.6 Å². The number of nitrogens with one attached hydrogen (secondary N) is 1. The van der Waals surface area contributed by atoms with Crippen LogP contribution in [0.15, 0.2) is 53.5 Å². The molecule has 1 heterocycles. The number of nitrogens with zero attached hydrogens (tertiary/aromatic N) is 1. The fraction of sp³-hybridized carbons (Fsp3) is 0.158. The highest BCUT2D eigenvalue weighted by Crippen LogP contribution is 2.28. The smallest absolute Gasteiger partial charge is 0.449 e. The minimum absolute atomic E-state index is 0.233. The molecular formula is C19H17ClN2O4. The van der Waals surface area contributed by atoms with Crippen LogP contribution in [0.25, 0.3) is 10.9 Å². The average molecular weight is 373 g/mol. The maximum absolute atomic E-state index is 12.6. The predicted octanol–water partition coefficient (Wildman–Crippen LogP) is 4.34. The summed E-state index contributed by atoms with van der Waals surface area (Å²) in [4.78, 5) is 23.4. The number of ether oxygens (including phenoxy) is 1. The van der Waals surface area contributed by atoms with Gasteiger partial charge in [0.15, 0.2) is 5.75 Å². The highest BCUT2D eigenvalue weighted by Gasteiger charge is 2.15. The summed E-state index contributed by atoms with van der Waals surface area (Å²) in [5, 5.41) is 12.9. The van der Waals surface area contributed by atoms with Gasteiger partial charge in [0.2, 0.25) is 5.43 Å². The Hall–Kier alpha value is -2.99. The molecule has 0 unspecified atom stereocenters. The van der Waals surface area contributed by atoms with Gasteiger partial charge in [-0.3, -0.25) is 4.79 Å². The zero-order valence-corrected chi connectivity index (χ0v) is 14.8. The monoisotopic (exact) mass is 372 g/mol. The Kier molecular flexibility index (Phi) is 5.14. The first kappa shape index (κ1) is 17.8. The van der Waals surface area contributed by atoms with Crippen LogP contribution in [0.1, 0.15) is 12.5 Å². The van der Waals surface area contributed by atoms with Gasteiger partial charge in [-0.25, -0.2) is 4.79 Å². The molecule has 7 heteroatoms. The van der Waals surface area contributed by atoms with E-state index in [4.69, 9.17) is 16.7 Å². The molecule has 0 bridgehead atoms. The van der Waals surface area contributed by atoms with E-state index in [1.54, 1.807) is 16.7 Å². The summed E-state index contributed by atoms with van der Waals surface area (Å²) >= 11 is 6.37. The van der Waals surface area contributed by atoms with Crippen LogP contribution < -0.4 is 15.5 Å². The second-order valence-electron chi connectivity index (χ2n) is 5.66. The number of benzene rings is 2. The topological polar surface area (TPSA) is 80.6 Å². The standard InChI is InChI=1S/C19H17ClN2O4/c1-2-22-11-17(26-19(24)25)18(23)13-8-15(14(20)9-16(13)22)21-10-12-6-4-3-5-7-12/h3-9,11,21H,2,10H2,1H3,(H,24,25). The molecule has 0 fully saturated rings. The lowest BCUT2D eigenvalue weighted by Crippen LogP contribution is -2.16. The molecule has 0 atom stereocenters. The van der Waals surface area contributed by atoms with Crippen LogP contribution in [0.5, 0.6) is 5.75 Å². The largest absolute Gasteiger partial charge is 0.511 e. The molecule has 0 amide bonds. The van der Waals surface area contributed by atoms with Gasteiger partial charge in [-0.2, -0.15) is 0 Å². The van der Waals surface area contributed by atoms with Crippen molar-refractivity contribution in [1.29, 1.82) is 0 Å². The van der Waals surface area contributed by atoms with Gasteiger partial charge in [0, 0.05) is 13.1 Å². The van der Waals surface area contributed by atoms with Gasteiger partial charge in [0.05, 0.1) is 27.8 Å². The van der Waals surface area contributed by atoms with Crippen molar-refractivity contribution in [3.05, 3.63) is 69.5 Å². The van der Waals surface area contributed by atoms with Crippen LogP contribution in [0.3, 0.4) is 0 Å². The van der Waals surface area contributed by atoms with Crippen molar-refractivity contribution in [2.45, 2.75) is 20.0 Å². The Balaban J connectivity index is 2.05. The lowest BCUT2D eigenvalue weighted by molar-refractivity contribution is 0.144. The van der Waals surface area contributed by atoms with E-state index in [0.29, 0.717) is 34.7 Å². The molecule has 2 N–H and O–H groups in total. The van der Waals surface area contributed by atoms with Gasteiger partial charge in [-0.05, 0) is 24.6 Å². The third-order valence-electron chi connectivity index (χ3n) is 4.00. The zero-order valence-electron chi connectivity index (χ0n) is 14.0. The highest BCUT2D eigenvalue weighted by molar-refractivity contribution is 6.34. The van der Waals surface area contributed by atoms with Crippen molar-refractivity contribution in [2.24, 2.45) is 0 Å². The first-order valence-electron chi connectivity index (χ1n) is 8.05. The van der Waals surface area contributed by atoms with E-state index >= 15 is 0 Å². The molecule has 0 aliphatic heterocycles. The Morgan fingerprint density at radius 1 is 1.27 bits per heavy atom. The molecular weight excluding hydrogens is 356 g/mol. The molecule has 134 valence electrons. The molecule has 2 aromatic carbocycles. The molecule has 6 nitrogen and oxygen atoms in total. The second-order valence-corrected chi connectivity index (χ2v) is 6.07. The van der Waals surface area contributed by atoms with E-state index in [1.807, 2.05) is 37.3 Å². The molecule has 3 aromatic rings. The Bertz CT molecular complexity index is 1020. The summed E-state index contributed by atoms with van der Waals surface area (Å²) in [5.41, 5.74) is 1.78. The fourth-order valence-electron chi connectivity index (χ4n) is 2.74. The van der Waals surface area contributed by atoms with Crippen LogP contribution in [0, 0.1) is 0 Å². The van der Waals surface area contributed by atoms with E-state index in [2.05, 4.69) is 10.1 Å². The van der Waals surface area contributed by atoms with Gasteiger partial charge in [0.1, 0.15) is 0 Å². The second kappa shape index (κ2) is 7.49. The van der Waals surface area contributed by atoms with E-state index in [1.165, 1.54) is 6.20 Å². The summed E-state index contributed by atoms with van der Waals surface area (Å²) in [6.45, 7) is 2.95. The SMILES string of the molecule is CCn1cc(OC(=O)O)c(=O)c2cc(NCc3ccccc3)c(Cl)cc21. The number of halogens is 1. The summed E-state index contributed by atoms with van der Waals surface area (Å²) in [5.74, 6) is -0.233. The quantitative estimate of drug-likeness (QED) is 0.651. The van der Waals surface area contributed by atoms with Crippen LogP contribution in [-0.2, 0) is 13.1 Å². The Labute approximate surface area is 154 Å². The highest BCUT2D eigenvalue weighted by atomic mass is 35.5. The first-order valence-corrected chi connectivity index (χ1v) is 8.42. The first-order chi connectivity index (χ1) is 12.5. The maximum Gasteiger partial charge on any atom is 0.511 e. The van der Waals surface area contributed by atoms with Crippen LogP contribution in [0.4, 0.5) is 10.5 Å². The van der Waals surface area contributed by atoms with Crippen molar-refractivity contribution < 1.29 is 14.6 Å². The number of rotatable bonds is 5. The number of fused-ring (bicyclic) bond motifs is 1. The molecule has 1 aromatic heterocycles. The summed E-state index contributed by atoms with van der Waals surface area (Å²) < 4.78 is 6.35. The normalized spacial score (nSPS) is 10.7. The van der Waals surface area contributed by atoms with E-state index in [0.717, 1.165) is 5.56 Å². The van der Waals surface area contributed by atoms with Gasteiger partial charge in [0.25, 0.3) is 0 Å². The van der Waals surface area contributed by atoms with Crippen LogP contribution >= 0.6 is 11.6 Å². The number of aromatic nitrogens is 1. The van der Waals surface area contributed by atoms with Crippen molar-refractivity contribution in [3.63, 3.8) is 0 Å². The molecule has 0 spiro atoms. The number of pyridine rings is 1. The molecule has 0 saturated heterocycles. The third-order valence-corrected chi connectivity index (χ3v) is 4.31. The summed E-state index contributed by atoms with van der Waals surface area (Å²) in [6, 6.07) is 13.1. The summed E-state index contributed by atoms with van der Waals surface area (Å²) in [6.07, 6.45) is -0.146. The molecule has 0 saturated carbocycles. The lowest BCUT2D eigenvalue weighted by atomic mass is 10.1. The Morgan fingerprint density at radius 3 is 2.65 bits per heavy atom. The average Bonchev–Trinajstić information content (AvgIpc) is 2.63. The number of hydrogen-bond donors (Lipinski definition) is 2. The minimum atomic E-state index is -1.53. The van der Waals surface area contributed by atoms with Gasteiger partial charge >= 0.3 is 6.16 Å². The maximum atomic E-state index is 12.6. The zero-order chi connectivity index (χ0) is 18.7. The minimum Gasteiger partial charge on any atom is -0.449 e. The van der Waals surface area contributed by atoms with E-state index in [-0.39, 0.29) is 5.75 Å². The lowest BCUT2D eigenvalue weighted by Gasteiger charge is -2.14. The molecule has 0 aliphatic rings. The third kappa shape index (κ3) is 3.65. The van der Waals surface area contributed by atoms with Crippen LogP contribution in [0.2, 0.25) is 5.02 Å². The number of carbonyl (C=O) groups is 1. The fourth-order valence-corrected chi connectivity index (χ4v) is 2.97. The number of anilines is 1. The summed E-state index contributed by atoms with van der Waals surface area (Å²) in [7, 11) is 0. The molecule has 26 heavy (non-hydrogen) atoms. The van der Waals surface area contributed by atoms with Gasteiger partial charge in [-0.1, -0.05) is 41.9 Å². The van der Waals surface area contributed by atoms with Crippen molar-refractivity contribution in [1.82, 2.24) is 4.57 Å².